The van der Waals surface area contributed by atoms with Gasteiger partial charge in [0.15, 0.2) is 0 Å². The van der Waals surface area contributed by atoms with Gasteiger partial charge < -0.3 is 10.0 Å². The Balaban J connectivity index is 2.21. The van der Waals surface area contributed by atoms with Crippen molar-refractivity contribution in [2.45, 2.75) is 6.42 Å². The number of aliphatic carboxylic acids is 1. The van der Waals surface area contributed by atoms with Crippen molar-refractivity contribution in [2.75, 3.05) is 23.0 Å². The quantitative estimate of drug-likeness (QED) is 0.928. The number of carboxylic acid groups (broad SMARTS) is 1. The molecule has 0 bridgehead atoms. The molecule has 1 N–H and O–H groups in total. The monoisotopic (exact) mass is 299 g/mol. The van der Waals surface area contributed by atoms with Crippen LogP contribution in [0.1, 0.15) is 6.42 Å². The van der Waals surface area contributed by atoms with Crippen molar-refractivity contribution in [3.63, 3.8) is 0 Å². The molecule has 0 radical (unpaired) electrons. The number of halogens is 1. The SMILES string of the molecule is O=C(O)CN(C(=O)C1CCSC1)c1ccc(Cl)cc1. The van der Waals surface area contributed by atoms with E-state index in [1.807, 2.05) is 0 Å². The van der Waals surface area contributed by atoms with Crippen LogP contribution in [0.25, 0.3) is 0 Å². The van der Waals surface area contributed by atoms with E-state index in [0.717, 1.165) is 17.9 Å². The number of carboxylic acids is 1. The molecule has 1 fully saturated rings. The predicted molar refractivity (Wildman–Crippen MR) is 76.9 cm³/mol. The second-order valence-corrected chi connectivity index (χ2v) is 5.94. The zero-order valence-electron chi connectivity index (χ0n) is 10.2. The van der Waals surface area contributed by atoms with E-state index < -0.39 is 5.97 Å². The van der Waals surface area contributed by atoms with Crippen LogP contribution in [0.5, 0.6) is 0 Å². The molecule has 1 unspecified atom stereocenters. The van der Waals surface area contributed by atoms with Gasteiger partial charge in [-0.3, -0.25) is 9.59 Å². The number of thioether (sulfide) groups is 1. The van der Waals surface area contributed by atoms with Crippen molar-refractivity contribution in [3.05, 3.63) is 29.3 Å². The summed E-state index contributed by atoms with van der Waals surface area (Å²) in [6.45, 7) is -0.318. The van der Waals surface area contributed by atoms with E-state index in [1.54, 1.807) is 36.0 Å². The zero-order valence-corrected chi connectivity index (χ0v) is 11.8. The van der Waals surface area contributed by atoms with Crippen LogP contribution in [0.4, 0.5) is 5.69 Å². The number of hydrogen-bond acceptors (Lipinski definition) is 3. The second kappa shape index (κ2) is 6.30. The first kappa shape index (κ1) is 14.2. The summed E-state index contributed by atoms with van der Waals surface area (Å²) >= 11 is 7.53. The third-order valence-electron chi connectivity index (χ3n) is 2.98. The van der Waals surface area contributed by atoms with Gasteiger partial charge in [-0.1, -0.05) is 11.6 Å². The van der Waals surface area contributed by atoms with Gasteiger partial charge in [0.05, 0.1) is 0 Å². The molecular formula is C13H14ClNO3S. The summed E-state index contributed by atoms with van der Waals surface area (Å²) in [6.07, 6.45) is 0.813. The first-order chi connectivity index (χ1) is 9.08. The van der Waals surface area contributed by atoms with Crippen LogP contribution in [0, 0.1) is 5.92 Å². The third kappa shape index (κ3) is 3.64. The number of nitrogens with zero attached hydrogens (tertiary/aromatic N) is 1. The maximum Gasteiger partial charge on any atom is 0.323 e. The van der Waals surface area contributed by atoms with Gasteiger partial charge in [0.2, 0.25) is 5.91 Å². The van der Waals surface area contributed by atoms with E-state index >= 15 is 0 Å². The minimum Gasteiger partial charge on any atom is -0.480 e. The molecule has 4 nitrogen and oxygen atoms in total. The summed E-state index contributed by atoms with van der Waals surface area (Å²) in [5, 5.41) is 9.52. The highest BCUT2D eigenvalue weighted by molar-refractivity contribution is 7.99. The average Bonchev–Trinajstić information content (AvgIpc) is 2.90. The van der Waals surface area contributed by atoms with Crippen molar-refractivity contribution in [1.29, 1.82) is 0 Å². The fourth-order valence-electron chi connectivity index (χ4n) is 2.00. The van der Waals surface area contributed by atoms with Gasteiger partial charge in [0.25, 0.3) is 0 Å². The molecule has 0 aliphatic carbocycles. The van der Waals surface area contributed by atoms with Crippen LogP contribution in [0.3, 0.4) is 0 Å². The molecule has 1 atom stereocenters. The molecule has 0 aromatic heterocycles. The fourth-order valence-corrected chi connectivity index (χ4v) is 3.34. The highest BCUT2D eigenvalue weighted by Crippen LogP contribution is 2.27. The summed E-state index contributed by atoms with van der Waals surface area (Å²) in [5.41, 5.74) is 0.578. The number of hydrogen-bond donors (Lipinski definition) is 1. The van der Waals surface area contributed by atoms with Crippen molar-refractivity contribution >= 4 is 40.9 Å². The van der Waals surface area contributed by atoms with Crippen molar-refractivity contribution in [3.8, 4) is 0 Å². The fraction of sp³-hybridized carbons (Fsp3) is 0.385. The molecule has 1 heterocycles. The molecule has 102 valence electrons. The molecule has 1 aromatic carbocycles. The minimum absolute atomic E-state index is 0.0833. The Bertz CT molecular complexity index is 471. The number of carbonyl (C=O) groups excluding carboxylic acids is 1. The third-order valence-corrected chi connectivity index (χ3v) is 4.39. The van der Waals surface area contributed by atoms with Crippen LogP contribution in [0.2, 0.25) is 5.02 Å². The summed E-state index contributed by atoms with van der Waals surface area (Å²) in [6, 6.07) is 6.65. The summed E-state index contributed by atoms with van der Waals surface area (Å²) in [7, 11) is 0. The Hall–Kier alpha value is -1.20. The lowest BCUT2D eigenvalue weighted by Gasteiger charge is -2.23. The Kier molecular flexibility index (Phi) is 4.71. The molecule has 6 heteroatoms. The number of amides is 1. The van der Waals surface area contributed by atoms with Crippen LogP contribution >= 0.6 is 23.4 Å². The maximum absolute atomic E-state index is 12.4. The van der Waals surface area contributed by atoms with E-state index in [9.17, 15) is 9.59 Å². The van der Waals surface area contributed by atoms with Crippen LogP contribution in [-0.4, -0.2) is 35.0 Å². The van der Waals surface area contributed by atoms with Gasteiger partial charge in [0.1, 0.15) is 6.54 Å². The van der Waals surface area contributed by atoms with Crippen LogP contribution in [-0.2, 0) is 9.59 Å². The van der Waals surface area contributed by atoms with E-state index in [4.69, 9.17) is 16.7 Å². The van der Waals surface area contributed by atoms with E-state index in [1.165, 1.54) is 4.90 Å². The Labute approximate surface area is 120 Å². The topological polar surface area (TPSA) is 57.6 Å². The van der Waals surface area contributed by atoms with Crippen molar-refractivity contribution < 1.29 is 14.7 Å². The Morgan fingerprint density at radius 1 is 1.37 bits per heavy atom. The van der Waals surface area contributed by atoms with E-state index in [0.29, 0.717) is 10.7 Å². The first-order valence-electron chi connectivity index (χ1n) is 5.94. The summed E-state index contributed by atoms with van der Waals surface area (Å²) in [4.78, 5) is 24.7. The van der Waals surface area contributed by atoms with Crippen molar-refractivity contribution in [2.24, 2.45) is 5.92 Å². The summed E-state index contributed by atoms with van der Waals surface area (Å²) < 4.78 is 0. The lowest BCUT2D eigenvalue weighted by Crippen LogP contribution is -2.39. The highest BCUT2D eigenvalue weighted by Gasteiger charge is 2.29. The molecule has 1 aliphatic rings. The van der Waals surface area contributed by atoms with Crippen LogP contribution < -0.4 is 4.90 Å². The molecule has 0 spiro atoms. The van der Waals surface area contributed by atoms with Crippen LogP contribution in [0.15, 0.2) is 24.3 Å². The lowest BCUT2D eigenvalue weighted by atomic mass is 10.1. The van der Waals surface area contributed by atoms with E-state index in [2.05, 4.69) is 0 Å². The minimum atomic E-state index is -1.02. The van der Waals surface area contributed by atoms with Gasteiger partial charge in [-0.2, -0.15) is 11.8 Å². The lowest BCUT2D eigenvalue weighted by molar-refractivity contribution is -0.137. The van der Waals surface area contributed by atoms with Gasteiger partial charge in [0, 0.05) is 22.4 Å². The van der Waals surface area contributed by atoms with Crippen molar-refractivity contribution in [1.82, 2.24) is 0 Å². The average molecular weight is 300 g/mol. The molecule has 0 saturated carbocycles. The van der Waals surface area contributed by atoms with Gasteiger partial charge in [-0.25, -0.2) is 0 Å². The van der Waals surface area contributed by atoms with Gasteiger partial charge in [-0.05, 0) is 36.4 Å². The highest BCUT2D eigenvalue weighted by atomic mass is 35.5. The first-order valence-corrected chi connectivity index (χ1v) is 7.47. The Morgan fingerprint density at radius 2 is 2.05 bits per heavy atom. The zero-order chi connectivity index (χ0) is 13.8. The van der Waals surface area contributed by atoms with Gasteiger partial charge in [-0.15, -0.1) is 0 Å². The number of benzene rings is 1. The van der Waals surface area contributed by atoms with E-state index in [-0.39, 0.29) is 18.4 Å². The number of carbonyl (C=O) groups is 2. The predicted octanol–water partition coefficient (Wildman–Crippen LogP) is 2.51. The summed E-state index contributed by atoms with van der Waals surface area (Å²) in [5.74, 6) is 0.504. The molecule has 1 saturated heterocycles. The molecule has 1 aromatic rings. The van der Waals surface area contributed by atoms with Gasteiger partial charge >= 0.3 is 5.97 Å². The molecular weight excluding hydrogens is 286 g/mol. The number of anilines is 1. The standard InChI is InChI=1S/C13H14ClNO3S/c14-10-1-3-11(4-2-10)15(7-12(16)17)13(18)9-5-6-19-8-9/h1-4,9H,5-8H2,(H,16,17). The molecule has 19 heavy (non-hydrogen) atoms. The molecule has 2 rings (SSSR count). The maximum atomic E-state index is 12.4. The normalized spacial score (nSPS) is 18.3. The Morgan fingerprint density at radius 3 is 2.58 bits per heavy atom. The molecule has 1 aliphatic heterocycles. The largest absolute Gasteiger partial charge is 0.480 e. The smallest absolute Gasteiger partial charge is 0.323 e. The molecule has 1 amide bonds. The number of rotatable bonds is 4. The second-order valence-electron chi connectivity index (χ2n) is 4.36.